The molecule has 0 saturated carbocycles. The zero-order valence-electron chi connectivity index (χ0n) is 16.2. The van der Waals surface area contributed by atoms with Crippen LogP contribution in [0.3, 0.4) is 0 Å². The molecule has 1 atom stereocenters. The third-order valence-electron chi connectivity index (χ3n) is 5.30. The molecule has 0 aromatic heterocycles. The largest absolute Gasteiger partial charge is 0.378 e. The van der Waals surface area contributed by atoms with Crippen LogP contribution in [0.2, 0.25) is 0 Å². The summed E-state index contributed by atoms with van der Waals surface area (Å²) in [7, 11) is 3.96. The second-order valence-electron chi connectivity index (χ2n) is 7.48. The molecule has 1 amide bonds. The minimum absolute atomic E-state index is 0.0286. The third-order valence-corrected chi connectivity index (χ3v) is 5.30. The fourth-order valence-corrected chi connectivity index (χ4v) is 3.63. The van der Waals surface area contributed by atoms with E-state index in [9.17, 15) is 9.59 Å². The van der Waals surface area contributed by atoms with Gasteiger partial charge in [0, 0.05) is 50.8 Å². The summed E-state index contributed by atoms with van der Waals surface area (Å²) in [5.41, 5.74) is 2.95. The highest BCUT2D eigenvalue weighted by molar-refractivity contribution is 5.95. The van der Waals surface area contributed by atoms with Crippen LogP contribution in [-0.2, 0) is 11.2 Å². The van der Waals surface area contributed by atoms with Gasteiger partial charge >= 0.3 is 0 Å². The van der Waals surface area contributed by atoms with Crippen molar-refractivity contribution in [3.8, 4) is 0 Å². The van der Waals surface area contributed by atoms with E-state index in [1.165, 1.54) is 5.56 Å². The van der Waals surface area contributed by atoms with Crippen molar-refractivity contribution < 1.29 is 9.59 Å². The van der Waals surface area contributed by atoms with Gasteiger partial charge in [0.05, 0.1) is 0 Å². The second kappa shape index (κ2) is 8.85. The van der Waals surface area contributed by atoms with E-state index in [4.69, 9.17) is 0 Å². The maximum atomic E-state index is 12.8. The van der Waals surface area contributed by atoms with Gasteiger partial charge in [0.1, 0.15) is 5.78 Å². The van der Waals surface area contributed by atoms with Crippen LogP contribution in [0.5, 0.6) is 0 Å². The average Bonchev–Trinajstić information content (AvgIpc) is 2.72. The Bertz CT molecular complexity index is 769. The Kier molecular flexibility index (Phi) is 6.28. The van der Waals surface area contributed by atoms with Crippen LogP contribution in [0.4, 0.5) is 5.69 Å². The number of rotatable bonds is 6. The van der Waals surface area contributed by atoms with E-state index >= 15 is 0 Å². The van der Waals surface area contributed by atoms with Gasteiger partial charge in [-0.15, -0.1) is 0 Å². The van der Waals surface area contributed by atoms with E-state index in [1.807, 2.05) is 66.4 Å². The number of carbonyl (C=O) groups is 2. The smallest absolute Gasteiger partial charge is 0.253 e. The van der Waals surface area contributed by atoms with Crippen molar-refractivity contribution in [2.75, 3.05) is 32.1 Å². The van der Waals surface area contributed by atoms with E-state index in [0.29, 0.717) is 18.5 Å². The Morgan fingerprint density at radius 3 is 2.41 bits per heavy atom. The number of anilines is 1. The standard InChI is InChI=1S/C23H28N2O2/c1-24(2)21-13-11-19(12-14-21)23(27)25-16-6-9-20(17-25)22(26)15-10-18-7-4-3-5-8-18/h3-5,7-8,11-14,20H,6,9-10,15-17H2,1-2H3/t20-/m0/s1. The maximum Gasteiger partial charge on any atom is 0.253 e. The summed E-state index contributed by atoms with van der Waals surface area (Å²) in [4.78, 5) is 29.3. The van der Waals surface area contributed by atoms with Crippen LogP contribution < -0.4 is 4.90 Å². The van der Waals surface area contributed by atoms with Gasteiger partial charge in [-0.1, -0.05) is 30.3 Å². The van der Waals surface area contributed by atoms with Crippen LogP contribution in [0, 0.1) is 5.92 Å². The summed E-state index contributed by atoms with van der Waals surface area (Å²) in [6.45, 7) is 1.28. The molecule has 0 spiro atoms. The first-order valence-corrected chi connectivity index (χ1v) is 9.68. The molecule has 27 heavy (non-hydrogen) atoms. The Morgan fingerprint density at radius 1 is 1.04 bits per heavy atom. The zero-order valence-corrected chi connectivity index (χ0v) is 16.2. The first kappa shape index (κ1) is 19.2. The minimum atomic E-state index is -0.0348. The van der Waals surface area contributed by atoms with Gasteiger partial charge in [0.25, 0.3) is 5.91 Å². The van der Waals surface area contributed by atoms with Crippen LogP contribution >= 0.6 is 0 Å². The predicted molar refractivity (Wildman–Crippen MR) is 109 cm³/mol. The Hall–Kier alpha value is -2.62. The molecule has 4 heteroatoms. The second-order valence-corrected chi connectivity index (χ2v) is 7.48. The van der Waals surface area contributed by atoms with Gasteiger partial charge in [-0.2, -0.15) is 0 Å². The van der Waals surface area contributed by atoms with Gasteiger partial charge in [-0.05, 0) is 49.1 Å². The lowest BCUT2D eigenvalue weighted by atomic mass is 9.90. The molecule has 1 heterocycles. The van der Waals surface area contributed by atoms with Crippen molar-refractivity contribution in [3.63, 3.8) is 0 Å². The maximum absolute atomic E-state index is 12.8. The zero-order chi connectivity index (χ0) is 19.2. The summed E-state index contributed by atoms with van der Waals surface area (Å²) < 4.78 is 0. The summed E-state index contributed by atoms with van der Waals surface area (Å²) in [5.74, 6) is 0.271. The van der Waals surface area contributed by atoms with E-state index in [0.717, 1.165) is 31.5 Å². The molecule has 2 aromatic rings. The quantitative estimate of drug-likeness (QED) is 0.783. The molecular formula is C23H28N2O2. The summed E-state index contributed by atoms with van der Waals surface area (Å²) >= 11 is 0. The van der Waals surface area contributed by atoms with Crippen molar-refractivity contribution in [2.24, 2.45) is 5.92 Å². The number of hydrogen-bond donors (Lipinski definition) is 0. The fourth-order valence-electron chi connectivity index (χ4n) is 3.63. The lowest BCUT2D eigenvalue weighted by Crippen LogP contribution is -2.42. The molecule has 0 bridgehead atoms. The van der Waals surface area contributed by atoms with Gasteiger partial charge in [-0.3, -0.25) is 9.59 Å². The minimum Gasteiger partial charge on any atom is -0.378 e. The van der Waals surface area contributed by atoms with Crippen molar-refractivity contribution in [3.05, 3.63) is 65.7 Å². The number of hydrogen-bond acceptors (Lipinski definition) is 3. The summed E-state index contributed by atoms with van der Waals surface area (Å²) in [6, 6.07) is 17.8. The molecule has 0 aliphatic carbocycles. The molecule has 1 aliphatic heterocycles. The number of likely N-dealkylation sites (tertiary alicyclic amines) is 1. The van der Waals surface area contributed by atoms with Crippen LogP contribution in [-0.4, -0.2) is 43.8 Å². The molecule has 1 saturated heterocycles. The van der Waals surface area contributed by atoms with E-state index in [2.05, 4.69) is 12.1 Å². The average molecular weight is 364 g/mol. The molecule has 2 aromatic carbocycles. The van der Waals surface area contributed by atoms with Crippen molar-refractivity contribution >= 4 is 17.4 Å². The first-order chi connectivity index (χ1) is 13.0. The Labute approximate surface area is 161 Å². The summed E-state index contributed by atoms with van der Waals surface area (Å²) in [6.07, 6.45) is 3.10. The first-order valence-electron chi connectivity index (χ1n) is 9.68. The van der Waals surface area contributed by atoms with Crippen LogP contribution in [0.1, 0.15) is 35.2 Å². The number of benzene rings is 2. The number of amides is 1. The number of Topliss-reactive ketones (excluding diaryl/α,β-unsaturated/α-hetero) is 1. The summed E-state index contributed by atoms with van der Waals surface area (Å²) in [5, 5.41) is 0. The van der Waals surface area contributed by atoms with Gasteiger partial charge in [-0.25, -0.2) is 0 Å². The number of piperidine rings is 1. The van der Waals surface area contributed by atoms with Gasteiger partial charge < -0.3 is 9.80 Å². The van der Waals surface area contributed by atoms with Crippen molar-refractivity contribution in [1.82, 2.24) is 4.90 Å². The highest BCUT2D eigenvalue weighted by Crippen LogP contribution is 2.22. The SMILES string of the molecule is CN(C)c1ccc(C(=O)N2CCC[C@H](C(=O)CCc3ccccc3)C2)cc1. The Balaban J connectivity index is 1.58. The molecule has 4 nitrogen and oxygen atoms in total. The Morgan fingerprint density at radius 2 is 1.74 bits per heavy atom. The van der Waals surface area contributed by atoms with E-state index in [1.54, 1.807) is 0 Å². The molecular weight excluding hydrogens is 336 g/mol. The highest BCUT2D eigenvalue weighted by atomic mass is 16.2. The molecule has 0 unspecified atom stereocenters. The molecule has 1 fully saturated rings. The normalized spacial score (nSPS) is 16.8. The topological polar surface area (TPSA) is 40.6 Å². The molecule has 3 rings (SSSR count). The fraction of sp³-hybridized carbons (Fsp3) is 0.391. The van der Waals surface area contributed by atoms with Crippen molar-refractivity contribution in [1.29, 1.82) is 0 Å². The van der Waals surface area contributed by atoms with Crippen molar-refractivity contribution in [2.45, 2.75) is 25.7 Å². The third kappa shape index (κ3) is 4.97. The number of aryl methyl sites for hydroxylation is 1. The van der Waals surface area contributed by atoms with Gasteiger partial charge in [0.15, 0.2) is 0 Å². The molecule has 0 radical (unpaired) electrons. The van der Waals surface area contributed by atoms with E-state index < -0.39 is 0 Å². The highest BCUT2D eigenvalue weighted by Gasteiger charge is 2.28. The molecule has 142 valence electrons. The molecule has 0 N–H and O–H groups in total. The van der Waals surface area contributed by atoms with Crippen LogP contribution in [0.15, 0.2) is 54.6 Å². The lowest BCUT2D eigenvalue weighted by Gasteiger charge is -2.32. The number of ketones is 1. The van der Waals surface area contributed by atoms with Gasteiger partial charge in [0.2, 0.25) is 0 Å². The molecule has 1 aliphatic rings. The van der Waals surface area contributed by atoms with Crippen LogP contribution in [0.25, 0.3) is 0 Å². The predicted octanol–water partition coefficient (Wildman–Crippen LogP) is 3.81. The number of carbonyl (C=O) groups excluding carboxylic acids is 2. The van der Waals surface area contributed by atoms with E-state index in [-0.39, 0.29) is 17.6 Å². The lowest BCUT2D eigenvalue weighted by molar-refractivity contribution is -0.124. The number of nitrogens with zero attached hydrogens (tertiary/aromatic N) is 2. The monoisotopic (exact) mass is 364 g/mol.